The molecule has 0 aliphatic heterocycles. The predicted octanol–water partition coefficient (Wildman–Crippen LogP) is 2.48. The molecule has 10 heteroatoms. The molecule has 1 atom stereocenters. The van der Waals surface area contributed by atoms with Crippen LogP contribution in [0.15, 0.2) is 48.0 Å². The molecular formula is C19H17F2N5O2S. The first-order valence-electron chi connectivity index (χ1n) is 8.88. The van der Waals surface area contributed by atoms with Crippen molar-refractivity contribution in [1.29, 1.82) is 0 Å². The van der Waals surface area contributed by atoms with Crippen molar-refractivity contribution in [3.05, 3.63) is 75.7 Å². The molecule has 1 N–H and O–H groups in total. The van der Waals surface area contributed by atoms with Crippen LogP contribution >= 0.6 is 11.3 Å². The molecular weight excluding hydrogens is 400 g/mol. The Bertz CT molecular complexity index is 1220. The molecule has 0 aliphatic rings. The van der Waals surface area contributed by atoms with E-state index in [4.69, 9.17) is 0 Å². The predicted molar refractivity (Wildman–Crippen MR) is 104 cm³/mol. The van der Waals surface area contributed by atoms with E-state index in [9.17, 15) is 18.7 Å². The van der Waals surface area contributed by atoms with Gasteiger partial charge in [-0.05, 0) is 18.6 Å². The fourth-order valence-corrected chi connectivity index (χ4v) is 4.17. The molecule has 29 heavy (non-hydrogen) atoms. The Balaban J connectivity index is 1.80. The van der Waals surface area contributed by atoms with Crippen LogP contribution in [-0.2, 0) is 25.1 Å². The molecule has 3 aromatic heterocycles. The fraction of sp³-hybridized carbons (Fsp3) is 0.263. The van der Waals surface area contributed by atoms with Gasteiger partial charge in [-0.2, -0.15) is 5.10 Å². The van der Waals surface area contributed by atoms with Crippen molar-refractivity contribution in [3.8, 4) is 0 Å². The van der Waals surface area contributed by atoms with Crippen molar-refractivity contribution in [2.45, 2.75) is 32.0 Å². The molecule has 0 amide bonds. The number of thiophene rings is 1. The number of rotatable bonds is 6. The summed E-state index contributed by atoms with van der Waals surface area (Å²) < 4.78 is 30.5. The van der Waals surface area contributed by atoms with E-state index in [2.05, 4.69) is 15.1 Å². The first-order valence-corrected chi connectivity index (χ1v) is 9.69. The van der Waals surface area contributed by atoms with Crippen molar-refractivity contribution in [1.82, 2.24) is 24.3 Å². The second kappa shape index (κ2) is 7.45. The summed E-state index contributed by atoms with van der Waals surface area (Å²) in [7, 11) is 0. The molecule has 4 aromatic rings. The van der Waals surface area contributed by atoms with Crippen LogP contribution in [-0.4, -0.2) is 29.4 Å². The van der Waals surface area contributed by atoms with Crippen molar-refractivity contribution < 1.29 is 13.9 Å². The maximum atomic E-state index is 14.5. The van der Waals surface area contributed by atoms with Gasteiger partial charge in [-0.1, -0.05) is 13.0 Å². The highest BCUT2D eigenvalue weighted by molar-refractivity contribution is 7.18. The minimum atomic E-state index is -1.89. The fourth-order valence-electron chi connectivity index (χ4n) is 3.25. The lowest BCUT2D eigenvalue weighted by Gasteiger charge is -2.29. The van der Waals surface area contributed by atoms with Gasteiger partial charge < -0.3 is 5.11 Å². The Labute approximate surface area is 167 Å². The van der Waals surface area contributed by atoms with Gasteiger partial charge in [-0.3, -0.25) is 9.36 Å². The summed E-state index contributed by atoms with van der Waals surface area (Å²) in [5.41, 5.74) is -2.39. The van der Waals surface area contributed by atoms with Crippen LogP contribution in [0.4, 0.5) is 8.78 Å². The Morgan fingerprint density at radius 1 is 1.21 bits per heavy atom. The standard InChI is InChI=1S/C19H17F2N5O2S/c1-2-13-6-14-17(29-13)23-11-25(18(14)27)7-19(28,8-26-10-22-9-24-26)15-4-3-12(20)5-16(15)21/h3-6,9-11,28H,2,7-8H2,1H3. The molecule has 0 aliphatic carbocycles. The summed E-state index contributed by atoms with van der Waals surface area (Å²) in [6.45, 7) is 1.50. The van der Waals surface area contributed by atoms with Crippen LogP contribution in [0.5, 0.6) is 0 Å². The average Bonchev–Trinajstić information content (AvgIpc) is 3.33. The highest BCUT2D eigenvalue weighted by Gasteiger charge is 2.34. The number of nitrogens with zero attached hydrogens (tertiary/aromatic N) is 5. The Hall–Kier alpha value is -2.98. The molecule has 0 fully saturated rings. The first kappa shape index (κ1) is 19.3. The van der Waals surface area contributed by atoms with E-state index in [0.717, 1.165) is 17.4 Å². The average molecular weight is 417 g/mol. The van der Waals surface area contributed by atoms with Gasteiger partial charge in [-0.25, -0.2) is 23.4 Å². The Kier molecular flexibility index (Phi) is 4.97. The van der Waals surface area contributed by atoms with Crippen LogP contribution in [0.3, 0.4) is 0 Å². The molecule has 0 bridgehead atoms. The summed E-state index contributed by atoms with van der Waals surface area (Å²) in [5, 5.41) is 15.8. The monoisotopic (exact) mass is 417 g/mol. The largest absolute Gasteiger partial charge is 0.381 e. The van der Waals surface area contributed by atoms with Gasteiger partial charge in [0.1, 0.15) is 34.7 Å². The maximum Gasteiger partial charge on any atom is 0.262 e. The van der Waals surface area contributed by atoms with Crippen molar-refractivity contribution in [2.75, 3.05) is 0 Å². The lowest BCUT2D eigenvalue weighted by atomic mass is 9.92. The molecule has 0 saturated carbocycles. The molecule has 0 radical (unpaired) electrons. The highest BCUT2D eigenvalue weighted by Crippen LogP contribution is 2.29. The molecule has 150 valence electrons. The molecule has 4 rings (SSSR count). The van der Waals surface area contributed by atoms with Gasteiger partial charge in [-0.15, -0.1) is 11.3 Å². The molecule has 1 aromatic carbocycles. The van der Waals surface area contributed by atoms with Crippen LogP contribution in [0.1, 0.15) is 17.4 Å². The van der Waals surface area contributed by atoms with Crippen LogP contribution in [0.25, 0.3) is 10.2 Å². The van der Waals surface area contributed by atoms with E-state index in [1.54, 1.807) is 6.07 Å². The zero-order valence-corrected chi connectivity index (χ0v) is 16.2. The third-order valence-corrected chi connectivity index (χ3v) is 5.86. The normalized spacial score (nSPS) is 13.7. The van der Waals surface area contributed by atoms with Gasteiger partial charge in [0.2, 0.25) is 0 Å². The number of hydrogen-bond acceptors (Lipinski definition) is 6. The number of benzene rings is 1. The highest BCUT2D eigenvalue weighted by atomic mass is 32.1. The van der Waals surface area contributed by atoms with Gasteiger partial charge in [0.25, 0.3) is 5.56 Å². The number of halogens is 2. The molecule has 0 saturated heterocycles. The summed E-state index contributed by atoms with van der Waals surface area (Å²) in [6, 6.07) is 4.69. The zero-order chi connectivity index (χ0) is 20.6. The minimum Gasteiger partial charge on any atom is -0.381 e. The van der Waals surface area contributed by atoms with Crippen molar-refractivity contribution >= 4 is 21.6 Å². The van der Waals surface area contributed by atoms with Crippen molar-refractivity contribution in [2.24, 2.45) is 0 Å². The number of hydrogen-bond donors (Lipinski definition) is 1. The quantitative estimate of drug-likeness (QED) is 0.521. The number of fused-ring (bicyclic) bond motifs is 1. The second-order valence-electron chi connectivity index (χ2n) is 6.71. The molecule has 1 unspecified atom stereocenters. The Morgan fingerprint density at radius 2 is 2.03 bits per heavy atom. The van der Waals surface area contributed by atoms with E-state index in [1.807, 2.05) is 6.92 Å². The molecule has 7 nitrogen and oxygen atoms in total. The number of aromatic nitrogens is 5. The van der Waals surface area contributed by atoms with Crippen LogP contribution < -0.4 is 5.56 Å². The van der Waals surface area contributed by atoms with E-state index in [1.165, 1.54) is 45.6 Å². The third kappa shape index (κ3) is 3.68. The molecule has 0 spiro atoms. The second-order valence-corrected chi connectivity index (χ2v) is 7.83. The molecule has 3 heterocycles. The minimum absolute atomic E-state index is 0.152. The van der Waals surface area contributed by atoms with E-state index < -0.39 is 17.2 Å². The number of aliphatic hydroxyl groups is 1. The van der Waals surface area contributed by atoms with E-state index >= 15 is 0 Å². The first-order chi connectivity index (χ1) is 13.9. The van der Waals surface area contributed by atoms with Crippen molar-refractivity contribution in [3.63, 3.8) is 0 Å². The zero-order valence-electron chi connectivity index (χ0n) is 15.4. The topological polar surface area (TPSA) is 85.8 Å². The lowest BCUT2D eigenvalue weighted by Crippen LogP contribution is -2.40. The van der Waals surface area contributed by atoms with E-state index in [-0.39, 0.29) is 24.2 Å². The van der Waals surface area contributed by atoms with E-state index in [0.29, 0.717) is 16.3 Å². The third-order valence-electron chi connectivity index (χ3n) is 4.67. The van der Waals surface area contributed by atoms with Gasteiger partial charge >= 0.3 is 0 Å². The van der Waals surface area contributed by atoms with Gasteiger partial charge in [0, 0.05) is 16.5 Å². The number of aryl methyl sites for hydroxylation is 1. The summed E-state index contributed by atoms with van der Waals surface area (Å²) in [5.74, 6) is -1.68. The van der Waals surface area contributed by atoms with Crippen LogP contribution in [0, 0.1) is 11.6 Å². The van der Waals surface area contributed by atoms with Crippen LogP contribution in [0.2, 0.25) is 0 Å². The SMILES string of the molecule is CCc1cc2c(=O)n(CC(O)(Cn3cncn3)c3ccc(F)cc3F)cnc2s1. The lowest BCUT2D eigenvalue weighted by molar-refractivity contribution is -0.00640. The Morgan fingerprint density at radius 3 is 2.72 bits per heavy atom. The summed E-state index contributed by atoms with van der Waals surface area (Å²) in [4.78, 5) is 22.7. The smallest absolute Gasteiger partial charge is 0.262 e. The van der Waals surface area contributed by atoms with Gasteiger partial charge in [0.05, 0.1) is 24.8 Å². The summed E-state index contributed by atoms with van der Waals surface area (Å²) in [6.07, 6.45) is 4.74. The van der Waals surface area contributed by atoms with Gasteiger partial charge in [0.15, 0.2) is 0 Å². The maximum absolute atomic E-state index is 14.5. The summed E-state index contributed by atoms with van der Waals surface area (Å²) >= 11 is 1.43.